The van der Waals surface area contributed by atoms with Crippen LogP contribution in [0.5, 0.6) is 11.5 Å². The van der Waals surface area contributed by atoms with E-state index in [9.17, 15) is 0 Å². The largest absolute Gasteiger partial charge is 0.490 e. The van der Waals surface area contributed by atoms with Gasteiger partial charge in [0.2, 0.25) is 0 Å². The van der Waals surface area contributed by atoms with E-state index >= 15 is 0 Å². The number of hydrogen-bond donors (Lipinski definition) is 1. The maximum Gasteiger partial charge on any atom is 0.161 e. The van der Waals surface area contributed by atoms with Crippen LogP contribution in [-0.4, -0.2) is 12.8 Å². The highest BCUT2D eigenvalue weighted by atomic mass is 79.9. The first-order valence-electron chi connectivity index (χ1n) is 8.73. The summed E-state index contributed by atoms with van der Waals surface area (Å²) in [6.07, 6.45) is 1.76. The van der Waals surface area contributed by atoms with Gasteiger partial charge in [-0.3, -0.25) is 5.43 Å². The molecule has 0 amide bonds. The molecule has 0 aliphatic carbocycles. The number of benzene rings is 3. The molecule has 0 heterocycles. The third-order valence-corrected chi connectivity index (χ3v) is 4.28. The van der Waals surface area contributed by atoms with Gasteiger partial charge in [-0.25, -0.2) is 0 Å². The molecule has 0 aliphatic rings. The van der Waals surface area contributed by atoms with Gasteiger partial charge in [-0.15, -0.1) is 0 Å². The van der Waals surface area contributed by atoms with Crippen LogP contribution in [0.25, 0.3) is 0 Å². The predicted octanol–water partition coefficient (Wildman–Crippen LogP) is 5.87. The molecule has 0 saturated carbocycles. The van der Waals surface area contributed by atoms with Crippen LogP contribution in [0.15, 0.2) is 82.4 Å². The van der Waals surface area contributed by atoms with Crippen molar-refractivity contribution >= 4 is 27.8 Å². The van der Waals surface area contributed by atoms with E-state index in [1.165, 1.54) is 0 Å². The fraction of sp³-hybridized carbons (Fsp3) is 0.136. The van der Waals surface area contributed by atoms with Crippen LogP contribution in [0.1, 0.15) is 18.1 Å². The Morgan fingerprint density at radius 1 is 0.926 bits per heavy atom. The molecule has 3 aromatic carbocycles. The van der Waals surface area contributed by atoms with E-state index in [1.54, 1.807) is 6.21 Å². The van der Waals surface area contributed by atoms with Crippen LogP contribution in [0.2, 0.25) is 0 Å². The first kappa shape index (κ1) is 19.0. The lowest BCUT2D eigenvalue weighted by molar-refractivity contribution is 0.269. The van der Waals surface area contributed by atoms with Crippen LogP contribution >= 0.6 is 15.9 Å². The Morgan fingerprint density at radius 3 is 2.44 bits per heavy atom. The molecular formula is C22H21BrN2O2. The van der Waals surface area contributed by atoms with Crippen LogP contribution in [0.4, 0.5) is 5.69 Å². The van der Waals surface area contributed by atoms with Gasteiger partial charge in [0, 0.05) is 4.47 Å². The number of hydrazone groups is 1. The summed E-state index contributed by atoms with van der Waals surface area (Å²) >= 11 is 3.44. The zero-order chi connectivity index (χ0) is 18.9. The van der Waals surface area contributed by atoms with Crippen LogP contribution in [0.3, 0.4) is 0 Å². The quantitative estimate of drug-likeness (QED) is 0.363. The third-order valence-electron chi connectivity index (χ3n) is 3.76. The fourth-order valence-corrected chi connectivity index (χ4v) is 2.69. The number of nitrogens with one attached hydrogen (secondary N) is 1. The van der Waals surface area contributed by atoms with Crippen molar-refractivity contribution in [1.82, 2.24) is 0 Å². The summed E-state index contributed by atoms with van der Waals surface area (Å²) < 4.78 is 12.7. The average molecular weight is 425 g/mol. The van der Waals surface area contributed by atoms with E-state index in [-0.39, 0.29) is 0 Å². The number of anilines is 1. The van der Waals surface area contributed by atoms with Gasteiger partial charge >= 0.3 is 0 Å². The molecule has 0 aromatic heterocycles. The Balaban J connectivity index is 1.67. The lowest BCUT2D eigenvalue weighted by atomic mass is 10.2. The van der Waals surface area contributed by atoms with E-state index in [0.717, 1.165) is 21.3 Å². The van der Waals surface area contributed by atoms with Gasteiger partial charge in [0.05, 0.1) is 18.5 Å². The Kier molecular flexibility index (Phi) is 6.88. The molecule has 0 aliphatic heterocycles. The number of nitrogens with zero attached hydrogens (tertiary/aromatic N) is 1. The topological polar surface area (TPSA) is 42.8 Å². The molecular weight excluding hydrogens is 404 g/mol. The summed E-state index contributed by atoms with van der Waals surface area (Å²) in [5.41, 5.74) is 5.97. The SMILES string of the molecule is CCOc1cc(/C=N/Nc2ccccc2)ccc1OCc1ccc(Br)cc1. The van der Waals surface area contributed by atoms with E-state index in [4.69, 9.17) is 9.47 Å². The zero-order valence-electron chi connectivity index (χ0n) is 15.1. The van der Waals surface area contributed by atoms with Gasteiger partial charge in [-0.05, 0) is 60.5 Å². The highest BCUT2D eigenvalue weighted by molar-refractivity contribution is 9.10. The van der Waals surface area contributed by atoms with E-state index in [2.05, 4.69) is 26.5 Å². The lowest BCUT2D eigenvalue weighted by Crippen LogP contribution is -2.00. The van der Waals surface area contributed by atoms with Crippen molar-refractivity contribution in [3.8, 4) is 11.5 Å². The van der Waals surface area contributed by atoms with Crippen molar-refractivity contribution in [2.24, 2.45) is 5.10 Å². The second kappa shape index (κ2) is 9.78. The summed E-state index contributed by atoms with van der Waals surface area (Å²) in [7, 11) is 0. The number of ether oxygens (including phenoxy) is 2. The van der Waals surface area contributed by atoms with Crippen molar-refractivity contribution in [1.29, 1.82) is 0 Å². The van der Waals surface area contributed by atoms with Gasteiger partial charge < -0.3 is 9.47 Å². The van der Waals surface area contributed by atoms with Gasteiger partial charge in [-0.2, -0.15) is 5.10 Å². The maximum atomic E-state index is 5.94. The Labute approximate surface area is 168 Å². The first-order chi connectivity index (χ1) is 13.2. The van der Waals surface area contributed by atoms with E-state index in [1.807, 2.05) is 79.7 Å². The Morgan fingerprint density at radius 2 is 1.70 bits per heavy atom. The predicted molar refractivity (Wildman–Crippen MR) is 114 cm³/mol. The van der Waals surface area contributed by atoms with Gasteiger partial charge in [0.25, 0.3) is 0 Å². The first-order valence-corrected chi connectivity index (χ1v) is 9.52. The Bertz CT molecular complexity index is 881. The molecule has 3 rings (SSSR count). The van der Waals surface area contributed by atoms with Crippen molar-refractivity contribution in [3.63, 3.8) is 0 Å². The lowest BCUT2D eigenvalue weighted by Gasteiger charge is -2.12. The normalized spacial score (nSPS) is 10.7. The van der Waals surface area contributed by atoms with Gasteiger partial charge in [0.15, 0.2) is 11.5 Å². The number of rotatable bonds is 8. The highest BCUT2D eigenvalue weighted by Crippen LogP contribution is 2.29. The van der Waals surface area contributed by atoms with E-state index in [0.29, 0.717) is 24.7 Å². The molecule has 0 spiro atoms. The van der Waals surface area contributed by atoms with Crippen LogP contribution in [0, 0.1) is 0 Å². The molecule has 27 heavy (non-hydrogen) atoms. The second-order valence-electron chi connectivity index (χ2n) is 5.79. The zero-order valence-corrected chi connectivity index (χ0v) is 16.6. The van der Waals surface area contributed by atoms with Gasteiger partial charge in [-0.1, -0.05) is 46.3 Å². The molecule has 138 valence electrons. The monoisotopic (exact) mass is 424 g/mol. The van der Waals surface area contributed by atoms with Crippen molar-refractivity contribution in [2.45, 2.75) is 13.5 Å². The highest BCUT2D eigenvalue weighted by Gasteiger charge is 2.06. The van der Waals surface area contributed by atoms with Crippen molar-refractivity contribution in [3.05, 3.63) is 88.4 Å². The average Bonchev–Trinajstić information content (AvgIpc) is 2.70. The summed E-state index contributed by atoms with van der Waals surface area (Å²) in [6, 6.07) is 23.7. The molecule has 5 heteroatoms. The molecule has 0 atom stereocenters. The fourth-order valence-electron chi connectivity index (χ4n) is 2.43. The third kappa shape index (κ3) is 5.86. The van der Waals surface area contributed by atoms with E-state index < -0.39 is 0 Å². The number of halogens is 1. The number of hydrogen-bond acceptors (Lipinski definition) is 4. The molecule has 0 unspecified atom stereocenters. The van der Waals surface area contributed by atoms with Crippen molar-refractivity contribution < 1.29 is 9.47 Å². The molecule has 0 saturated heterocycles. The van der Waals surface area contributed by atoms with Crippen molar-refractivity contribution in [2.75, 3.05) is 12.0 Å². The minimum Gasteiger partial charge on any atom is -0.490 e. The van der Waals surface area contributed by atoms with Crippen LogP contribution < -0.4 is 14.9 Å². The standard InChI is InChI=1S/C22H21BrN2O2/c1-2-26-22-14-18(15-24-25-20-6-4-3-5-7-20)10-13-21(22)27-16-17-8-11-19(23)12-9-17/h3-15,25H,2,16H2,1H3/b24-15+. The molecule has 3 aromatic rings. The summed E-state index contributed by atoms with van der Waals surface area (Å²) in [5.74, 6) is 1.42. The molecule has 0 fully saturated rings. The molecule has 0 bridgehead atoms. The minimum absolute atomic E-state index is 0.482. The summed E-state index contributed by atoms with van der Waals surface area (Å²) in [4.78, 5) is 0. The molecule has 4 nitrogen and oxygen atoms in total. The molecule has 1 N–H and O–H groups in total. The minimum atomic E-state index is 0.482. The number of para-hydroxylation sites is 1. The van der Waals surface area contributed by atoms with Gasteiger partial charge in [0.1, 0.15) is 6.61 Å². The molecule has 0 radical (unpaired) electrons. The smallest absolute Gasteiger partial charge is 0.161 e. The maximum absolute atomic E-state index is 5.94. The second-order valence-corrected chi connectivity index (χ2v) is 6.71. The Hall–Kier alpha value is -2.79. The summed E-state index contributed by atoms with van der Waals surface area (Å²) in [6.45, 7) is 3.00. The van der Waals surface area contributed by atoms with Crippen LogP contribution in [-0.2, 0) is 6.61 Å². The summed E-state index contributed by atoms with van der Waals surface area (Å²) in [5, 5.41) is 4.27.